The Kier molecular flexibility index (Phi) is 7.03. The lowest BCUT2D eigenvalue weighted by atomic mass is 10.0. The molecule has 1 saturated heterocycles. The maximum absolute atomic E-state index is 5.86. The fourth-order valence-electron chi connectivity index (χ4n) is 3.19. The van der Waals surface area contributed by atoms with E-state index in [1.54, 1.807) is 17.6 Å². The van der Waals surface area contributed by atoms with Crippen LogP contribution in [-0.4, -0.2) is 42.3 Å². The van der Waals surface area contributed by atoms with Crippen molar-refractivity contribution in [3.05, 3.63) is 40.9 Å². The molecule has 1 N–H and O–H groups in total. The molecule has 1 unspecified atom stereocenters. The molecule has 26 heavy (non-hydrogen) atoms. The summed E-state index contributed by atoms with van der Waals surface area (Å²) in [5, 5.41) is 7.02. The molecule has 0 bridgehead atoms. The average Bonchev–Trinajstić information content (AvgIpc) is 3.05. The molecule has 3 rings (SSSR count). The van der Waals surface area contributed by atoms with E-state index in [9.17, 15) is 0 Å². The average molecular weight is 373 g/mol. The van der Waals surface area contributed by atoms with Crippen molar-refractivity contribution < 1.29 is 4.74 Å². The highest BCUT2D eigenvalue weighted by Gasteiger charge is 2.15. The van der Waals surface area contributed by atoms with Crippen molar-refractivity contribution >= 4 is 22.7 Å². The molecule has 0 spiro atoms. The first-order valence-corrected chi connectivity index (χ1v) is 10.2. The summed E-state index contributed by atoms with van der Waals surface area (Å²) in [6, 6.07) is 8.02. The van der Waals surface area contributed by atoms with Gasteiger partial charge in [0.2, 0.25) is 5.13 Å². The summed E-state index contributed by atoms with van der Waals surface area (Å²) in [4.78, 5) is 6.87. The van der Waals surface area contributed by atoms with E-state index in [0.717, 1.165) is 47.6 Å². The second-order valence-corrected chi connectivity index (χ2v) is 7.84. The normalized spacial score (nSPS) is 18.3. The number of rotatable bonds is 8. The molecule has 0 saturated carbocycles. The first-order chi connectivity index (χ1) is 12.7. The van der Waals surface area contributed by atoms with Gasteiger partial charge in [0.1, 0.15) is 5.75 Å². The summed E-state index contributed by atoms with van der Waals surface area (Å²) in [6.07, 6.45) is 5.58. The van der Waals surface area contributed by atoms with Crippen molar-refractivity contribution in [2.75, 3.05) is 31.7 Å². The van der Waals surface area contributed by atoms with E-state index in [1.807, 2.05) is 36.6 Å². The second kappa shape index (κ2) is 9.69. The van der Waals surface area contributed by atoms with Crippen LogP contribution < -0.4 is 10.2 Å². The van der Waals surface area contributed by atoms with Crippen LogP contribution in [0.5, 0.6) is 5.75 Å². The van der Waals surface area contributed by atoms with Crippen LogP contribution in [0.25, 0.3) is 0 Å². The zero-order valence-electron chi connectivity index (χ0n) is 15.6. The van der Waals surface area contributed by atoms with E-state index in [0.29, 0.717) is 0 Å². The van der Waals surface area contributed by atoms with Gasteiger partial charge in [-0.15, -0.1) is 11.3 Å². The number of ether oxygens (including phenoxy) is 1. The molecule has 1 fully saturated rings. The van der Waals surface area contributed by atoms with Crippen molar-refractivity contribution in [2.45, 2.75) is 33.1 Å². The lowest BCUT2D eigenvalue weighted by Gasteiger charge is -2.30. The number of aromatic nitrogens is 1. The number of nitrogens with one attached hydrogen (secondary N) is 1. The molecule has 1 aliphatic rings. The number of likely N-dealkylation sites (tertiary alicyclic amines) is 1. The molecule has 0 amide bonds. The van der Waals surface area contributed by atoms with Crippen LogP contribution in [0.2, 0.25) is 0 Å². The van der Waals surface area contributed by atoms with E-state index in [2.05, 4.69) is 27.3 Å². The SMILES string of the molecule is Cc1csc(NN=Cc2ccc(OCCCN3CCCC(C)C3)cc2)n1. The third-order valence-corrected chi connectivity index (χ3v) is 5.37. The number of anilines is 1. The quantitative estimate of drug-likeness (QED) is 0.424. The minimum Gasteiger partial charge on any atom is -0.494 e. The number of piperidine rings is 1. The zero-order valence-corrected chi connectivity index (χ0v) is 16.5. The van der Waals surface area contributed by atoms with Gasteiger partial charge in [-0.2, -0.15) is 5.10 Å². The molecule has 1 atom stereocenters. The van der Waals surface area contributed by atoms with Crippen LogP contribution in [0, 0.1) is 12.8 Å². The number of hydrogen-bond donors (Lipinski definition) is 1. The summed E-state index contributed by atoms with van der Waals surface area (Å²) >= 11 is 1.55. The van der Waals surface area contributed by atoms with Crippen LogP contribution in [0.4, 0.5) is 5.13 Å². The Bertz CT molecular complexity index is 698. The van der Waals surface area contributed by atoms with Gasteiger partial charge < -0.3 is 9.64 Å². The highest BCUT2D eigenvalue weighted by atomic mass is 32.1. The Hall–Kier alpha value is -1.92. The van der Waals surface area contributed by atoms with E-state index in [-0.39, 0.29) is 0 Å². The van der Waals surface area contributed by atoms with Crippen LogP contribution >= 0.6 is 11.3 Å². The molecular weight excluding hydrogens is 344 g/mol. The van der Waals surface area contributed by atoms with Gasteiger partial charge in [0, 0.05) is 18.5 Å². The fourth-order valence-corrected chi connectivity index (χ4v) is 3.82. The number of thiazole rings is 1. The Balaban J connectivity index is 1.36. The molecule has 6 heteroatoms. The van der Waals surface area contributed by atoms with E-state index < -0.39 is 0 Å². The summed E-state index contributed by atoms with van der Waals surface area (Å²) in [7, 11) is 0. The van der Waals surface area contributed by atoms with Crippen molar-refractivity contribution in [1.82, 2.24) is 9.88 Å². The lowest BCUT2D eigenvalue weighted by Crippen LogP contribution is -2.35. The van der Waals surface area contributed by atoms with Crippen molar-refractivity contribution in [3.63, 3.8) is 0 Å². The number of hydrogen-bond acceptors (Lipinski definition) is 6. The van der Waals surface area contributed by atoms with Crippen molar-refractivity contribution in [1.29, 1.82) is 0 Å². The molecule has 0 aliphatic carbocycles. The molecule has 5 nitrogen and oxygen atoms in total. The van der Waals surface area contributed by atoms with Gasteiger partial charge in [-0.1, -0.05) is 6.92 Å². The van der Waals surface area contributed by atoms with Crippen LogP contribution in [-0.2, 0) is 0 Å². The molecule has 1 aromatic carbocycles. The van der Waals surface area contributed by atoms with Gasteiger partial charge in [0.25, 0.3) is 0 Å². The minimum atomic E-state index is 0.767. The monoisotopic (exact) mass is 372 g/mol. The summed E-state index contributed by atoms with van der Waals surface area (Å²) < 4.78 is 5.86. The maximum atomic E-state index is 5.86. The Morgan fingerprint density at radius 2 is 2.23 bits per heavy atom. The first-order valence-electron chi connectivity index (χ1n) is 9.35. The van der Waals surface area contributed by atoms with Gasteiger partial charge in [0.05, 0.1) is 18.5 Å². The van der Waals surface area contributed by atoms with Crippen molar-refractivity contribution in [3.8, 4) is 5.75 Å². The largest absolute Gasteiger partial charge is 0.494 e. The number of aryl methyl sites for hydroxylation is 1. The predicted octanol–water partition coefficient (Wildman–Crippen LogP) is 4.40. The smallest absolute Gasteiger partial charge is 0.203 e. The lowest BCUT2D eigenvalue weighted by molar-refractivity contribution is 0.170. The third-order valence-electron chi connectivity index (χ3n) is 4.50. The van der Waals surface area contributed by atoms with Gasteiger partial charge in [-0.25, -0.2) is 4.98 Å². The number of benzene rings is 1. The number of nitrogens with zero attached hydrogens (tertiary/aromatic N) is 3. The van der Waals surface area contributed by atoms with Gasteiger partial charge in [0.15, 0.2) is 0 Å². The third kappa shape index (κ3) is 6.11. The predicted molar refractivity (Wildman–Crippen MR) is 109 cm³/mol. The van der Waals surface area contributed by atoms with Gasteiger partial charge in [-0.3, -0.25) is 5.43 Å². The summed E-state index contributed by atoms with van der Waals surface area (Å²) in [5.74, 6) is 1.76. The second-order valence-electron chi connectivity index (χ2n) is 6.98. The molecular formula is C20H28N4OS. The minimum absolute atomic E-state index is 0.767. The molecule has 1 aromatic heterocycles. The maximum Gasteiger partial charge on any atom is 0.203 e. The van der Waals surface area contributed by atoms with Crippen LogP contribution in [0.1, 0.15) is 37.4 Å². The summed E-state index contributed by atoms with van der Waals surface area (Å²) in [5.41, 5.74) is 4.98. The molecule has 0 radical (unpaired) electrons. The Morgan fingerprint density at radius 1 is 1.38 bits per heavy atom. The van der Waals surface area contributed by atoms with Crippen LogP contribution in [0.3, 0.4) is 0 Å². The van der Waals surface area contributed by atoms with Crippen molar-refractivity contribution in [2.24, 2.45) is 11.0 Å². The highest BCUT2D eigenvalue weighted by molar-refractivity contribution is 7.13. The molecule has 140 valence electrons. The fraction of sp³-hybridized carbons (Fsp3) is 0.500. The zero-order chi connectivity index (χ0) is 18.2. The summed E-state index contributed by atoms with van der Waals surface area (Å²) in [6.45, 7) is 8.70. The number of hydrazone groups is 1. The van der Waals surface area contributed by atoms with Gasteiger partial charge >= 0.3 is 0 Å². The first kappa shape index (κ1) is 18.9. The van der Waals surface area contributed by atoms with E-state index >= 15 is 0 Å². The molecule has 2 heterocycles. The standard InChI is InChI=1S/C20H28N4OS/c1-16-5-3-10-24(14-16)11-4-12-25-19-8-6-18(7-9-19)13-21-23-20-22-17(2)15-26-20/h6-9,13,15-16H,3-5,10-12,14H2,1-2H3,(H,22,23). The van der Waals surface area contributed by atoms with Crippen LogP contribution in [0.15, 0.2) is 34.7 Å². The van der Waals surface area contributed by atoms with E-state index in [1.165, 1.54) is 25.9 Å². The topological polar surface area (TPSA) is 49.8 Å². The highest BCUT2D eigenvalue weighted by Crippen LogP contribution is 2.16. The molecule has 1 aliphatic heterocycles. The Labute approximate surface area is 160 Å². The van der Waals surface area contributed by atoms with Gasteiger partial charge in [-0.05, 0) is 68.5 Å². The Morgan fingerprint density at radius 3 is 2.96 bits per heavy atom. The molecule has 2 aromatic rings. The van der Waals surface area contributed by atoms with E-state index in [4.69, 9.17) is 4.74 Å².